The van der Waals surface area contributed by atoms with Crippen LogP contribution in [-0.4, -0.2) is 27.2 Å². The standard InChI is InChI=1S/C16H22N6O2S/c1-8(2)4-12(15(17)23)20-10-6-11(14(16(18)24)19-7-10)21-13-5-9(3)22-25-13/h5-8,12,20-21H,4H2,1-3H3,(H2,17,23)(H2,18,24). The molecule has 8 nitrogen and oxygen atoms in total. The Morgan fingerprint density at radius 2 is 2.00 bits per heavy atom. The first-order chi connectivity index (χ1) is 11.8. The van der Waals surface area contributed by atoms with Gasteiger partial charge in [-0.15, -0.1) is 0 Å². The summed E-state index contributed by atoms with van der Waals surface area (Å²) in [5, 5.41) is 6.92. The number of anilines is 3. The van der Waals surface area contributed by atoms with Crippen LogP contribution in [0, 0.1) is 12.8 Å². The second-order valence-electron chi connectivity index (χ2n) is 6.17. The van der Waals surface area contributed by atoms with Crippen molar-refractivity contribution in [2.24, 2.45) is 17.4 Å². The Kier molecular flexibility index (Phi) is 5.92. The molecule has 0 saturated carbocycles. The third-order valence-electron chi connectivity index (χ3n) is 3.40. The van der Waals surface area contributed by atoms with E-state index in [1.807, 2.05) is 26.8 Å². The first kappa shape index (κ1) is 18.7. The van der Waals surface area contributed by atoms with Crippen LogP contribution in [0.15, 0.2) is 18.3 Å². The molecule has 0 aromatic carbocycles. The van der Waals surface area contributed by atoms with Gasteiger partial charge in [-0.3, -0.25) is 9.59 Å². The Bertz CT molecular complexity index is 774. The fraction of sp³-hybridized carbons (Fsp3) is 0.375. The summed E-state index contributed by atoms with van der Waals surface area (Å²) in [5.41, 5.74) is 12.8. The third-order valence-corrected chi connectivity index (χ3v) is 4.19. The van der Waals surface area contributed by atoms with Gasteiger partial charge in [0.15, 0.2) is 5.69 Å². The van der Waals surface area contributed by atoms with Crippen molar-refractivity contribution < 1.29 is 9.59 Å². The second-order valence-corrected chi connectivity index (χ2v) is 6.98. The average molecular weight is 362 g/mol. The van der Waals surface area contributed by atoms with Crippen LogP contribution in [0.1, 0.15) is 36.5 Å². The zero-order valence-electron chi connectivity index (χ0n) is 14.4. The normalized spacial score (nSPS) is 12.0. The summed E-state index contributed by atoms with van der Waals surface area (Å²) < 4.78 is 4.18. The number of rotatable bonds is 8. The van der Waals surface area contributed by atoms with Crippen molar-refractivity contribution in [2.75, 3.05) is 10.6 Å². The lowest BCUT2D eigenvalue weighted by atomic mass is 10.0. The van der Waals surface area contributed by atoms with Gasteiger partial charge in [0, 0.05) is 0 Å². The molecular formula is C16H22N6O2S. The molecule has 0 aliphatic heterocycles. The van der Waals surface area contributed by atoms with E-state index in [9.17, 15) is 9.59 Å². The molecule has 6 N–H and O–H groups in total. The molecule has 25 heavy (non-hydrogen) atoms. The predicted octanol–water partition coefficient (Wildman–Crippen LogP) is 2.00. The van der Waals surface area contributed by atoms with Gasteiger partial charge in [0.25, 0.3) is 5.91 Å². The Labute approximate surface area is 150 Å². The van der Waals surface area contributed by atoms with E-state index < -0.39 is 17.9 Å². The smallest absolute Gasteiger partial charge is 0.269 e. The quantitative estimate of drug-likeness (QED) is 0.567. The molecule has 0 saturated heterocycles. The number of carbonyl (C=O) groups is 2. The molecule has 2 aromatic heterocycles. The molecule has 1 atom stereocenters. The zero-order valence-corrected chi connectivity index (χ0v) is 15.2. The first-order valence-electron chi connectivity index (χ1n) is 7.82. The Balaban J connectivity index is 2.29. The number of hydrogen-bond donors (Lipinski definition) is 4. The van der Waals surface area contributed by atoms with Crippen LogP contribution in [0.25, 0.3) is 0 Å². The van der Waals surface area contributed by atoms with Gasteiger partial charge >= 0.3 is 0 Å². The van der Waals surface area contributed by atoms with Crippen LogP contribution in [-0.2, 0) is 4.79 Å². The Morgan fingerprint density at radius 3 is 2.52 bits per heavy atom. The number of nitrogens with two attached hydrogens (primary N) is 2. The maximum Gasteiger partial charge on any atom is 0.269 e. The summed E-state index contributed by atoms with van der Waals surface area (Å²) in [4.78, 5) is 27.4. The lowest BCUT2D eigenvalue weighted by Gasteiger charge is -2.19. The summed E-state index contributed by atoms with van der Waals surface area (Å²) in [6, 6.07) is 3.00. The third kappa shape index (κ3) is 5.15. The number of pyridine rings is 1. The van der Waals surface area contributed by atoms with Gasteiger partial charge < -0.3 is 22.1 Å². The van der Waals surface area contributed by atoms with E-state index >= 15 is 0 Å². The summed E-state index contributed by atoms with van der Waals surface area (Å²) in [7, 11) is 0. The number of primary amides is 2. The zero-order chi connectivity index (χ0) is 18.6. The van der Waals surface area contributed by atoms with E-state index in [1.54, 1.807) is 6.07 Å². The predicted molar refractivity (Wildman–Crippen MR) is 98.9 cm³/mol. The highest BCUT2D eigenvalue weighted by atomic mass is 32.1. The van der Waals surface area contributed by atoms with E-state index in [2.05, 4.69) is 20.0 Å². The fourth-order valence-corrected chi connectivity index (χ4v) is 2.98. The molecule has 2 amide bonds. The molecule has 0 fully saturated rings. The maximum absolute atomic E-state index is 11.6. The van der Waals surface area contributed by atoms with Gasteiger partial charge in [0.2, 0.25) is 5.91 Å². The van der Waals surface area contributed by atoms with Gasteiger partial charge in [-0.2, -0.15) is 4.37 Å². The first-order valence-corrected chi connectivity index (χ1v) is 8.59. The minimum atomic E-state index is -0.649. The molecule has 2 aromatic rings. The summed E-state index contributed by atoms with van der Waals surface area (Å²) in [6.07, 6.45) is 2.04. The largest absolute Gasteiger partial charge is 0.372 e. The van der Waals surface area contributed by atoms with E-state index in [4.69, 9.17) is 11.5 Å². The van der Waals surface area contributed by atoms with Crippen molar-refractivity contribution in [3.63, 3.8) is 0 Å². The topological polar surface area (TPSA) is 136 Å². The van der Waals surface area contributed by atoms with Crippen molar-refractivity contribution in [1.82, 2.24) is 9.36 Å². The highest BCUT2D eigenvalue weighted by Crippen LogP contribution is 2.26. The minimum absolute atomic E-state index is 0.107. The minimum Gasteiger partial charge on any atom is -0.372 e. The van der Waals surface area contributed by atoms with Crippen molar-refractivity contribution in [1.29, 1.82) is 0 Å². The Morgan fingerprint density at radius 1 is 1.28 bits per heavy atom. The van der Waals surface area contributed by atoms with Crippen LogP contribution >= 0.6 is 11.5 Å². The molecule has 2 heterocycles. The lowest BCUT2D eigenvalue weighted by molar-refractivity contribution is -0.119. The molecule has 0 radical (unpaired) electrons. The van der Waals surface area contributed by atoms with Gasteiger partial charge in [-0.05, 0) is 42.9 Å². The molecule has 134 valence electrons. The molecule has 2 rings (SSSR count). The lowest BCUT2D eigenvalue weighted by Crippen LogP contribution is -2.36. The summed E-state index contributed by atoms with van der Waals surface area (Å²) in [5.74, 6) is -0.801. The molecule has 0 aliphatic carbocycles. The highest BCUT2D eigenvalue weighted by Gasteiger charge is 2.18. The maximum atomic E-state index is 11.6. The summed E-state index contributed by atoms with van der Waals surface area (Å²) in [6.45, 7) is 5.88. The average Bonchev–Trinajstić information content (AvgIpc) is 2.91. The molecule has 0 bridgehead atoms. The van der Waals surface area contributed by atoms with Crippen LogP contribution in [0.3, 0.4) is 0 Å². The molecular weight excluding hydrogens is 340 g/mol. The number of hydrogen-bond acceptors (Lipinski definition) is 7. The van der Waals surface area contributed by atoms with Crippen molar-refractivity contribution in [3.8, 4) is 0 Å². The molecule has 9 heteroatoms. The molecule has 1 unspecified atom stereocenters. The van der Waals surface area contributed by atoms with Crippen LogP contribution in [0.2, 0.25) is 0 Å². The number of aryl methyl sites for hydroxylation is 1. The Hall–Kier alpha value is -2.68. The second kappa shape index (κ2) is 7.93. The fourth-order valence-electron chi connectivity index (χ4n) is 2.31. The number of amides is 2. The van der Waals surface area contributed by atoms with Crippen LogP contribution < -0.4 is 22.1 Å². The van der Waals surface area contributed by atoms with Crippen molar-refractivity contribution in [3.05, 3.63) is 29.7 Å². The van der Waals surface area contributed by atoms with Gasteiger partial charge in [0.1, 0.15) is 11.0 Å². The molecule has 0 aliphatic rings. The van der Waals surface area contributed by atoms with E-state index in [-0.39, 0.29) is 5.69 Å². The molecule has 0 spiro atoms. The van der Waals surface area contributed by atoms with E-state index in [0.29, 0.717) is 23.7 Å². The van der Waals surface area contributed by atoms with Gasteiger partial charge in [-0.1, -0.05) is 13.8 Å². The van der Waals surface area contributed by atoms with Crippen molar-refractivity contribution >= 4 is 39.7 Å². The number of aromatic nitrogens is 2. The van der Waals surface area contributed by atoms with Gasteiger partial charge in [0.05, 0.1) is 23.3 Å². The van der Waals surface area contributed by atoms with Crippen molar-refractivity contribution in [2.45, 2.75) is 33.2 Å². The SMILES string of the molecule is Cc1cc(Nc2cc(NC(CC(C)C)C(N)=O)cnc2C(N)=O)sn1. The number of nitrogens with one attached hydrogen (secondary N) is 2. The number of carbonyl (C=O) groups excluding carboxylic acids is 2. The highest BCUT2D eigenvalue weighted by molar-refractivity contribution is 7.10. The van der Waals surface area contributed by atoms with E-state index in [1.165, 1.54) is 17.7 Å². The van der Waals surface area contributed by atoms with Crippen LogP contribution in [0.4, 0.5) is 16.4 Å². The van der Waals surface area contributed by atoms with E-state index in [0.717, 1.165) is 10.7 Å². The summed E-state index contributed by atoms with van der Waals surface area (Å²) >= 11 is 1.26. The van der Waals surface area contributed by atoms with Crippen LogP contribution in [0.5, 0.6) is 0 Å². The van der Waals surface area contributed by atoms with Gasteiger partial charge in [-0.25, -0.2) is 4.98 Å². The number of nitrogens with zero attached hydrogens (tertiary/aromatic N) is 2. The monoisotopic (exact) mass is 362 g/mol.